The summed E-state index contributed by atoms with van der Waals surface area (Å²) < 4.78 is 0. The fourth-order valence-corrected chi connectivity index (χ4v) is 6.57. The predicted molar refractivity (Wildman–Crippen MR) is 181 cm³/mol. The van der Waals surface area contributed by atoms with E-state index in [-0.39, 0.29) is 0 Å². The van der Waals surface area contributed by atoms with Gasteiger partial charge in [0, 0.05) is 0 Å². The Morgan fingerprint density at radius 1 is 0.190 bits per heavy atom. The highest BCUT2D eigenvalue weighted by Gasteiger charge is 2.17. The van der Waals surface area contributed by atoms with Crippen LogP contribution < -0.4 is 0 Å². The summed E-state index contributed by atoms with van der Waals surface area (Å²) in [6.07, 6.45) is 0. The summed E-state index contributed by atoms with van der Waals surface area (Å²) in [4.78, 5) is 0. The van der Waals surface area contributed by atoms with Gasteiger partial charge in [-0.3, -0.25) is 0 Å². The van der Waals surface area contributed by atoms with Crippen LogP contribution in [0.2, 0.25) is 0 Å². The Labute approximate surface area is 246 Å². The van der Waals surface area contributed by atoms with E-state index in [1.54, 1.807) is 0 Å². The number of benzene rings is 8. The summed E-state index contributed by atoms with van der Waals surface area (Å²) in [5.41, 5.74) is 10.00. The first-order valence-corrected chi connectivity index (χ1v) is 14.5. The van der Waals surface area contributed by atoms with Gasteiger partial charge in [0.05, 0.1) is 0 Å². The van der Waals surface area contributed by atoms with Crippen molar-refractivity contribution in [1.29, 1.82) is 0 Å². The van der Waals surface area contributed by atoms with Gasteiger partial charge in [0.2, 0.25) is 0 Å². The van der Waals surface area contributed by atoms with Gasteiger partial charge in [0.15, 0.2) is 0 Å². The number of hydrogen-bond donors (Lipinski definition) is 0. The topological polar surface area (TPSA) is 0 Å². The Kier molecular flexibility index (Phi) is 5.90. The van der Waals surface area contributed by atoms with Crippen LogP contribution in [0.4, 0.5) is 0 Å². The van der Waals surface area contributed by atoms with Crippen molar-refractivity contribution in [3.05, 3.63) is 170 Å². The van der Waals surface area contributed by atoms with Crippen LogP contribution in [0.15, 0.2) is 170 Å². The van der Waals surface area contributed by atoms with Crippen molar-refractivity contribution in [2.45, 2.75) is 0 Å². The molecule has 0 heteroatoms. The van der Waals surface area contributed by atoms with Crippen LogP contribution in [0.3, 0.4) is 0 Å². The zero-order valence-electron chi connectivity index (χ0n) is 23.2. The van der Waals surface area contributed by atoms with Gasteiger partial charge in [0.1, 0.15) is 0 Å². The third-order valence-electron chi connectivity index (χ3n) is 8.49. The molecule has 42 heavy (non-hydrogen) atoms. The molecular formula is C42H28. The quantitative estimate of drug-likeness (QED) is 0.198. The summed E-state index contributed by atoms with van der Waals surface area (Å²) in [6, 6.07) is 61.7. The molecule has 0 atom stereocenters. The summed E-state index contributed by atoms with van der Waals surface area (Å²) in [6.45, 7) is 0. The molecule has 0 fully saturated rings. The van der Waals surface area contributed by atoms with Crippen molar-refractivity contribution >= 4 is 32.3 Å². The van der Waals surface area contributed by atoms with Gasteiger partial charge in [-0.1, -0.05) is 158 Å². The molecule has 8 rings (SSSR count). The molecule has 8 aromatic carbocycles. The molecule has 0 amide bonds. The standard InChI is InChI=1S/C42H28/c1-3-15-29(16-4-1)31-19-7-9-21-33(31)39-27-41-38-26-14-12-24-36(38)40(28-42(41)37-25-13-11-23-35(37)39)34-22-10-8-20-32(34)30-17-5-2-6-18-30/h1-28H. The molecular weight excluding hydrogens is 504 g/mol. The lowest BCUT2D eigenvalue weighted by Gasteiger charge is -2.19. The van der Waals surface area contributed by atoms with Crippen molar-refractivity contribution in [2.75, 3.05) is 0 Å². The maximum absolute atomic E-state index is 2.43. The van der Waals surface area contributed by atoms with Crippen molar-refractivity contribution in [3.8, 4) is 44.5 Å². The van der Waals surface area contributed by atoms with E-state index in [2.05, 4.69) is 170 Å². The van der Waals surface area contributed by atoms with E-state index in [1.165, 1.54) is 76.8 Å². The van der Waals surface area contributed by atoms with Crippen molar-refractivity contribution < 1.29 is 0 Å². The monoisotopic (exact) mass is 532 g/mol. The minimum absolute atomic E-state index is 1.23. The highest BCUT2D eigenvalue weighted by molar-refractivity contribution is 6.24. The zero-order chi connectivity index (χ0) is 27.9. The number of fused-ring (bicyclic) bond motifs is 5. The summed E-state index contributed by atoms with van der Waals surface area (Å²) in [5, 5.41) is 7.65. The van der Waals surface area contributed by atoms with Gasteiger partial charge in [-0.25, -0.2) is 0 Å². The fraction of sp³-hybridized carbons (Fsp3) is 0. The molecule has 0 saturated carbocycles. The third kappa shape index (κ3) is 4.00. The van der Waals surface area contributed by atoms with Crippen molar-refractivity contribution in [3.63, 3.8) is 0 Å². The maximum Gasteiger partial charge on any atom is -0.00923 e. The third-order valence-corrected chi connectivity index (χ3v) is 8.49. The maximum atomic E-state index is 2.43. The Morgan fingerprint density at radius 3 is 0.905 bits per heavy atom. The lowest BCUT2D eigenvalue weighted by Crippen LogP contribution is -1.91. The van der Waals surface area contributed by atoms with E-state index in [1.807, 2.05) is 0 Å². The second kappa shape index (κ2) is 10.2. The largest absolute Gasteiger partial charge is 0.0622 e. The molecule has 0 aliphatic rings. The second-order valence-electron chi connectivity index (χ2n) is 10.9. The van der Waals surface area contributed by atoms with E-state index in [0.29, 0.717) is 0 Å². The Bertz CT molecular complexity index is 2060. The Morgan fingerprint density at radius 2 is 0.500 bits per heavy atom. The highest BCUT2D eigenvalue weighted by Crippen LogP contribution is 2.45. The molecule has 0 aromatic heterocycles. The SMILES string of the molecule is c1ccc(-c2ccccc2-c2cc3c4ccccc4c(-c4ccccc4-c4ccccc4)cc3c3ccccc23)cc1. The molecule has 0 heterocycles. The smallest absolute Gasteiger partial charge is 0.00923 e. The minimum Gasteiger partial charge on any atom is -0.0622 e. The van der Waals surface area contributed by atoms with Crippen molar-refractivity contribution in [2.24, 2.45) is 0 Å². The van der Waals surface area contributed by atoms with Gasteiger partial charge in [-0.2, -0.15) is 0 Å². The molecule has 196 valence electrons. The first-order valence-electron chi connectivity index (χ1n) is 14.5. The van der Waals surface area contributed by atoms with Crippen LogP contribution in [0, 0.1) is 0 Å². The first kappa shape index (κ1) is 24.3. The molecule has 0 nitrogen and oxygen atoms in total. The molecule has 0 saturated heterocycles. The van der Waals surface area contributed by atoms with Crippen LogP contribution in [-0.2, 0) is 0 Å². The van der Waals surface area contributed by atoms with Gasteiger partial charge in [-0.05, 0) is 89.0 Å². The molecule has 0 spiro atoms. The van der Waals surface area contributed by atoms with E-state index in [0.717, 1.165) is 0 Å². The van der Waals surface area contributed by atoms with Crippen molar-refractivity contribution in [1.82, 2.24) is 0 Å². The fourth-order valence-electron chi connectivity index (χ4n) is 6.57. The van der Waals surface area contributed by atoms with Gasteiger partial charge in [0.25, 0.3) is 0 Å². The van der Waals surface area contributed by atoms with Crippen LogP contribution in [-0.4, -0.2) is 0 Å². The minimum atomic E-state index is 1.23. The Balaban J connectivity index is 1.47. The number of hydrogen-bond acceptors (Lipinski definition) is 0. The second-order valence-corrected chi connectivity index (χ2v) is 10.9. The van der Waals surface area contributed by atoms with Crippen LogP contribution >= 0.6 is 0 Å². The average Bonchev–Trinajstić information content (AvgIpc) is 3.08. The molecule has 0 aliphatic heterocycles. The molecule has 0 radical (unpaired) electrons. The van der Waals surface area contributed by atoms with Crippen LogP contribution in [0.25, 0.3) is 76.8 Å². The number of rotatable bonds is 4. The zero-order valence-corrected chi connectivity index (χ0v) is 23.2. The lowest BCUT2D eigenvalue weighted by molar-refractivity contribution is 1.60. The molecule has 0 aliphatic carbocycles. The normalized spacial score (nSPS) is 11.3. The molecule has 0 N–H and O–H groups in total. The highest BCUT2D eigenvalue weighted by atomic mass is 14.2. The van der Waals surface area contributed by atoms with E-state index in [9.17, 15) is 0 Å². The van der Waals surface area contributed by atoms with Crippen LogP contribution in [0.1, 0.15) is 0 Å². The molecule has 0 bridgehead atoms. The summed E-state index contributed by atoms with van der Waals surface area (Å²) >= 11 is 0. The summed E-state index contributed by atoms with van der Waals surface area (Å²) in [7, 11) is 0. The van der Waals surface area contributed by atoms with Crippen LogP contribution in [0.5, 0.6) is 0 Å². The lowest BCUT2D eigenvalue weighted by atomic mass is 9.85. The van der Waals surface area contributed by atoms with E-state index < -0.39 is 0 Å². The average molecular weight is 533 g/mol. The van der Waals surface area contributed by atoms with E-state index >= 15 is 0 Å². The Hall–Kier alpha value is -5.46. The first-order chi connectivity index (χ1) is 20.9. The predicted octanol–water partition coefficient (Wildman–Crippen LogP) is 11.8. The van der Waals surface area contributed by atoms with Gasteiger partial charge < -0.3 is 0 Å². The summed E-state index contributed by atoms with van der Waals surface area (Å²) in [5.74, 6) is 0. The van der Waals surface area contributed by atoms with Gasteiger partial charge in [-0.15, -0.1) is 0 Å². The van der Waals surface area contributed by atoms with E-state index in [4.69, 9.17) is 0 Å². The molecule has 0 unspecified atom stereocenters. The molecule has 8 aromatic rings. The van der Waals surface area contributed by atoms with Gasteiger partial charge >= 0.3 is 0 Å².